The molecule has 1 saturated carbocycles. The fraction of sp³-hybridized carbons (Fsp3) is 0.444. The first-order valence-corrected chi connectivity index (χ1v) is 12.0. The number of ether oxygens (including phenoxy) is 2. The number of amides is 2. The van der Waals surface area contributed by atoms with E-state index in [1.807, 2.05) is 24.3 Å². The number of alkyl carbamates (subject to hydrolysis) is 1. The first kappa shape index (κ1) is 24.7. The Balaban J connectivity index is 1.31. The molecule has 0 saturated heterocycles. The SMILES string of the molecule is CCC(COC)(NC(=O)C1CCC(NC(=O)OCC2c3ccccc3-c3ccccc32)C1)C(=O)O. The number of nitrogens with one attached hydrogen (secondary N) is 2. The van der Waals surface area contributed by atoms with E-state index in [2.05, 4.69) is 34.9 Å². The standard InChI is InChI=1S/C27H32N2O6/c1-3-27(16-34-2,25(31)32)29-24(30)17-12-13-18(14-17)28-26(33)35-15-23-21-10-6-4-8-19(21)20-9-5-7-11-22(20)23/h4-11,17-18,23H,3,12-16H2,1-2H3,(H,28,33)(H,29,30)(H,31,32). The zero-order chi connectivity index (χ0) is 25.0. The molecule has 35 heavy (non-hydrogen) atoms. The number of carboxylic acids is 1. The van der Waals surface area contributed by atoms with Gasteiger partial charge in [0.15, 0.2) is 5.54 Å². The van der Waals surface area contributed by atoms with Crippen LogP contribution in [0.5, 0.6) is 0 Å². The molecule has 186 valence electrons. The molecule has 2 aliphatic carbocycles. The third kappa shape index (κ3) is 5.03. The summed E-state index contributed by atoms with van der Waals surface area (Å²) in [6, 6.07) is 16.1. The van der Waals surface area contributed by atoms with E-state index in [0.717, 1.165) is 11.1 Å². The normalized spacial score (nSPS) is 20.4. The van der Waals surface area contributed by atoms with Crippen molar-refractivity contribution in [2.75, 3.05) is 20.3 Å². The Hall–Kier alpha value is -3.39. The highest BCUT2D eigenvalue weighted by Crippen LogP contribution is 2.44. The number of fused-ring (bicyclic) bond motifs is 3. The van der Waals surface area contributed by atoms with Gasteiger partial charge in [-0.25, -0.2) is 9.59 Å². The highest BCUT2D eigenvalue weighted by atomic mass is 16.5. The Morgan fingerprint density at radius 2 is 1.66 bits per heavy atom. The second-order valence-electron chi connectivity index (χ2n) is 9.34. The molecule has 2 amide bonds. The van der Waals surface area contributed by atoms with Crippen LogP contribution in [0.3, 0.4) is 0 Å². The summed E-state index contributed by atoms with van der Waals surface area (Å²) in [6.07, 6.45) is 1.31. The zero-order valence-corrected chi connectivity index (χ0v) is 20.1. The van der Waals surface area contributed by atoms with Crippen LogP contribution in [0.2, 0.25) is 0 Å². The molecule has 3 atom stereocenters. The molecule has 8 nitrogen and oxygen atoms in total. The van der Waals surface area contributed by atoms with E-state index >= 15 is 0 Å². The van der Waals surface area contributed by atoms with Gasteiger partial charge in [-0.1, -0.05) is 55.5 Å². The second-order valence-corrected chi connectivity index (χ2v) is 9.34. The summed E-state index contributed by atoms with van der Waals surface area (Å²) in [5.74, 6) is -1.85. The van der Waals surface area contributed by atoms with Gasteiger partial charge in [0.25, 0.3) is 0 Å². The smallest absolute Gasteiger partial charge is 0.407 e. The van der Waals surface area contributed by atoms with E-state index in [1.54, 1.807) is 6.92 Å². The van der Waals surface area contributed by atoms with Gasteiger partial charge in [-0.3, -0.25) is 4.79 Å². The average Bonchev–Trinajstić information content (AvgIpc) is 3.45. The summed E-state index contributed by atoms with van der Waals surface area (Å²) in [4.78, 5) is 37.1. The van der Waals surface area contributed by atoms with Crippen LogP contribution in [-0.2, 0) is 19.1 Å². The zero-order valence-electron chi connectivity index (χ0n) is 20.1. The maximum absolute atomic E-state index is 12.8. The summed E-state index contributed by atoms with van der Waals surface area (Å²) < 4.78 is 10.7. The van der Waals surface area contributed by atoms with Gasteiger partial charge in [0.1, 0.15) is 6.61 Å². The Bertz CT molecular complexity index is 1060. The number of benzene rings is 2. The van der Waals surface area contributed by atoms with Gasteiger partial charge in [-0.2, -0.15) is 0 Å². The third-order valence-corrected chi connectivity index (χ3v) is 7.24. The van der Waals surface area contributed by atoms with E-state index in [1.165, 1.54) is 18.2 Å². The van der Waals surface area contributed by atoms with Crippen molar-refractivity contribution in [3.8, 4) is 11.1 Å². The van der Waals surface area contributed by atoms with Crippen LogP contribution >= 0.6 is 0 Å². The molecule has 0 spiro atoms. The maximum Gasteiger partial charge on any atom is 0.407 e. The topological polar surface area (TPSA) is 114 Å². The first-order chi connectivity index (χ1) is 16.9. The van der Waals surface area contributed by atoms with Crippen molar-refractivity contribution in [2.45, 2.75) is 50.1 Å². The number of carbonyl (C=O) groups is 3. The van der Waals surface area contributed by atoms with Crippen LogP contribution in [0.4, 0.5) is 4.79 Å². The average molecular weight is 481 g/mol. The molecule has 2 aromatic rings. The fourth-order valence-electron chi connectivity index (χ4n) is 5.23. The molecule has 0 aromatic heterocycles. The van der Waals surface area contributed by atoms with Gasteiger partial charge < -0.3 is 25.2 Å². The number of aliphatic carboxylic acids is 1. The maximum atomic E-state index is 12.8. The Morgan fingerprint density at radius 3 is 2.23 bits per heavy atom. The van der Waals surface area contributed by atoms with Crippen molar-refractivity contribution in [1.29, 1.82) is 0 Å². The van der Waals surface area contributed by atoms with Crippen LogP contribution in [0.1, 0.15) is 49.7 Å². The van der Waals surface area contributed by atoms with Crippen LogP contribution < -0.4 is 10.6 Å². The van der Waals surface area contributed by atoms with Gasteiger partial charge in [-0.05, 0) is 47.9 Å². The Kier molecular flexibility index (Phi) is 7.40. The summed E-state index contributed by atoms with van der Waals surface area (Å²) in [7, 11) is 1.41. The number of carbonyl (C=O) groups excluding carboxylic acids is 2. The molecular formula is C27H32N2O6. The summed E-state index contributed by atoms with van der Waals surface area (Å²) in [5, 5.41) is 15.2. The van der Waals surface area contributed by atoms with Crippen LogP contribution in [-0.4, -0.2) is 55.0 Å². The molecule has 0 radical (unpaired) electrons. The molecule has 0 aliphatic heterocycles. The largest absolute Gasteiger partial charge is 0.479 e. The predicted molar refractivity (Wildman–Crippen MR) is 130 cm³/mol. The lowest BCUT2D eigenvalue weighted by Gasteiger charge is -2.29. The third-order valence-electron chi connectivity index (χ3n) is 7.24. The fourth-order valence-corrected chi connectivity index (χ4v) is 5.23. The Labute approximate surface area is 205 Å². The second kappa shape index (κ2) is 10.5. The number of hydrogen-bond donors (Lipinski definition) is 3. The highest BCUT2D eigenvalue weighted by molar-refractivity contribution is 5.88. The van der Waals surface area contributed by atoms with E-state index in [-0.39, 0.29) is 43.4 Å². The molecule has 3 unspecified atom stereocenters. The monoisotopic (exact) mass is 480 g/mol. The summed E-state index contributed by atoms with van der Waals surface area (Å²) in [6.45, 7) is 1.81. The van der Waals surface area contributed by atoms with Gasteiger partial charge in [0, 0.05) is 25.0 Å². The van der Waals surface area contributed by atoms with Gasteiger partial charge in [0.2, 0.25) is 5.91 Å². The molecular weight excluding hydrogens is 448 g/mol. The molecule has 8 heteroatoms. The molecule has 3 N–H and O–H groups in total. The Morgan fingerprint density at radius 1 is 1.03 bits per heavy atom. The molecule has 2 aliphatic rings. The number of hydrogen-bond acceptors (Lipinski definition) is 5. The minimum absolute atomic E-state index is 0.0192. The minimum atomic E-state index is -1.45. The number of methoxy groups -OCH3 is 1. The van der Waals surface area contributed by atoms with Crippen molar-refractivity contribution in [3.63, 3.8) is 0 Å². The van der Waals surface area contributed by atoms with Gasteiger partial charge in [-0.15, -0.1) is 0 Å². The van der Waals surface area contributed by atoms with Crippen molar-refractivity contribution in [1.82, 2.24) is 10.6 Å². The molecule has 1 fully saturated rings. The van der Waals surface area contributed by atoms with E-state index in [9.17, 15) is 19.5 Å². The minimum Gasteiger partial charge on any atom is -0.479 e. The molecule has 0 bridgehead atoms. The van der Waals surface area contributed by atoms with E-state index < -0.39 is 17.6 Å². The molecule has 4 rings (SSSR count). The lowest BCUT2D eigenvalue weighted by Crippen LogP contribution is -2.58. The lowest BCUT2D eigenvalue weighted by molar-refractivity contribution is -0.151. The van der Waals surface area contributed by atoms with Gasteiger partial charge in [0.05, 0.1) is 6.61 Å². The summed E-state index contributed by atoms with van der Waals surface area (Å²) in [5.41, 5.74) is 3.17. The van der Waals surface area contributed by atoms with Crippen LogP contribution in [0.25, 0.3) is 11.1 Å². The summed E-state index contributed by atoms with van der Waals surface area (Å²) >= 11 is 0. The number of rotatable bonds is 9. The van der Waals surface area contributed by atoms with E-state index in [0.29, 0.717) is 19.3 Å². The van der Waals surface area contributed by atoms with Crippen LogP contribution in [0, 0.1) is 5.92 Å². The van der Waals surface area contributed by atoms with Crippen molar-refractivity contribution in [3.05, 3.63) is 59.7 Å². The van der Waals surface area contributed by atoms with Crippen molar-refractivity contribution in [2.24, 2.45) is 5.92 Å². The first-order valence-electron chi connectivity index (χ1n) is 12.0. The van der Waals surface area contributed by atoms with Crippen molar-refractivity contribution < 1.29 is 29.0 Å². The van der Waals surface area contributed by atoms with E-state index in [4.69, 9.17) is 9.47 Å². The predicted octanol–water partition coefficient (Wildman–Crippen LogP) is 3.69. The van der Waals surface area contributed by atoms with Gasteiger partial charge >= 0.3 is 12.1 Å². The molecule has 0 heterocycles. The lowest BCUT2D eigenvalue weighted by atomic mass is 9.95. The highest BCUT2D eigenvalue weighted by Gasteiger charge is 2.41. The quantitative estimate of drug-likeness (QED) is 0.504. The van der Waals surface area contributed by atoms with Crippen molar-refractivity contribution >= 4 is 18.0 Å². The number of carboxylic acid groups (broad SMARTS) is 1. The molecule has 2 aromatic carbocycles. The van der Waals surface area contributed by atoms with Crippen LogP contribution in [0.15, 0.2) is 48.5 Å².